The van der Waals surface area contributed by atoms with Gasteiger partial charge in [-0.15, -0.1) is 0 Å². The maximum atomic E-state index is 7.58. The molecule has 1 saturated heterocycles. The fourth-order valence-corrected chi connectivity index (χ4v) is 0.291. The highest BCUT2D eigenvalue weighted by Crippen LogP contribution is 2.04. The summed E-state index contributed by atoms with van der Waals surface area (Å²) in [4.78, 5) is -0.507. The minimum absolute atomic E-state index is 0.507. The smallest absolute Gasteiger partial charge is 0.0463 e. The van der Waals surface area contributed by atoms with Crippen LogP contribution in [-0.4, -0.2) is 30.9 Å². The van der Waals surface area contributed by atoms with Crippen molar-refractivity contribution in [2.75, 3.05) is 20.0 Å². The third-order valence-corrected chi connectivity index (χ3v) is 0.605. The second-order valence-corrected chi connectivity index (χ2v) is 1.22. The fourth-order valence-electron chi connectivity index (χ4n) is 0.291. The van der Waals surface area contributed by atoms with Crippen molar-refractivity contribution >= 4 is 0 Å². The minimum Gasteiger partial charge on any atom is -0.328 e. The summed E-state index contributed by atoms with van der Waals surface area (Å²) in [6.45, 7) is -10.5. The Morgan fingerprint density at radius 2 is 2.50 bits per heavy atom. The first-order valence-corrected chi connectivity index (χ1v) is 1.96. The van der Waals surface area contributed by atoms with Gasteiger partial charge in [-0.05, 0) is 32.7 Å². The maximum Gasteiger partial charge on any atom is 0.0463 e. The Bertz CT molecular complexity index is 379. The van der Waals surface area contributed by atoms with Crippen molar-refractivity contribution < 1.29 is 16.4 Å². The Morgan fingerprint density at radius 3 is 3.00 bits per heavy atom. The first-order chi connectivity index (χ1) is 8.37. The van der Waals surface area contributed by atoms with Crippen LogP contribution >= 0.6 is 0 Å². The highest BCUT2D eigenvalue weighted by atomic mass is 15.1. The Morgan fingerprint density at radius 1 is 1.88 bits per heavy atom. The van der Waals surface area contributed by atoms with Gasteiger partial charge in [0, 0.05) is 22.5 Å². The van der Waals surface area contributed by atoms with Gasteiger partial charge in [-0.25, -0.2) is 0 Å². The number of hydrogen-bond donors (Lipinski definition) is 1. The van der Waals surface area contributed by atoms with E-state index < -0.39 is 43.6 Å². The zero-order valence-electron chi connectivity index (χ0n) is 16.0. The lowest BCUT2D eigenvalue weighted by Gasteiger charge is -2.25. The van der Waals surface area contributed by atoms with Crippen molar-refractivity contribution in [3.63, 3.8) is 0 Å². The van der Waals surface area contributed by atoms with Gasteiger partial charge in [0.15, 0.2) is 0 Å². The molecule has 2 nitrogen and oxygen atoms in total. The Hall–Kier alpha value is -0.0800. The van der Waals surface area contributed by atoms with Crippen molar-refractivity contribution in [1.82, 2.24) is 4.90 Å². The summed E-state index contributed by atoms with van der Waals surface area (Å²) in [6, 6.07) is -3.34. The molecule has 1 fully saturated rings. The Labute approximate surface area is 67.5 Å². The standard InChI is InChI=1S/C6H14N2/c1-8-4-2-6(7)3-5-8/h6H,2-5,7H2,1H3/i1D3,2D2,3D2,4D2,5D2,6D. The molecule has 2 heteroatoms. The summed E-state index contributed by atoms with van der Waals surface area (Å²) in [7, 11) is 0. The van der Waals surface area contributed by atoms with Crippen molar-refractivity contribution in [3.8, 4) is 0 Å². The highest BCUT2D eigenvalue weighted by molar-refractivity contribution is 4.70. The first kappa shape index (κ1) is 0.956. The van der Waals surface area contributed by atoms with Gasteiger partial charge in [0.1, 0.15) is 0 Å². The van der Waals surface area contributed by atoms with E-state index in [4.69, 9.17) is 22.2 Å². The molecule has 0 aromatic rings. The molecule has 0 amide bonds. The van der Waals surface area contributed by atoms with Crippen molar-refractivity contribution in [2.24, 2.45) is 5.73 Å². The van der Waals surface area contributed by atoms with Crippen LogP contribution in [0, 0.1) is 0 Å². The summed E-state index contributed by atoms with van der Waals surface area (Å²) < 4.78 is 89.6. The lowest BCUT2D eigenvalue weighted by atomic mass is 10.1. The van der Waals surface area contributed by atoms with E-state index in [2.05, 4.69) is 0 Å². The first-order valence-electron chi connectivity index (χ1n) is 7.96. The van der Waals surface area contributed by atoms with Crippen LogP contribution < -0.4 is 5.73 Å². The van der Waals surface area contributed by atoms with Crippen LogP contribution in [0.1, 0.15) is 29.2 Å². The van der Waals surface area contributed by atoms with Crippen molar-refractivity contribution in [2.45, 2.75) is 18.8 Å². The highest BCUT2D eigenvalue weighted by Gasteiger charge is 2.10. The van der Waals surface area contributed by atoms with Crippen molar-refractivity contribution in [3.05, 3.63) is 0 Å². The number of nitrogens with two attached hydrogens (primary N) is 1. The van der Waals surface area contributed by atoms with E-state index in [-0.39, 0.29) is 0 Å². The van der Waals surface area contributed by atoms with E-state index in [1.54, 1.807) is 0 Å². The summed E-state index contributed by atoms with van der Waals surface area (Å²) >= 11 is 0. The molecule has 0 saturated carbocycles. The molecule has 0 atom stereocenters. The largest absolute Gasteiger partial charge is 0.328 e. The zero-order chi connectivity index (χ0) is 16.6. The summed E-state index contributed by atoms with van der Waals surface area (Å²) in [5, 5.41) is 0. The number of piperidine rings is 1. The molecule has 2 N–H and O–H groups in total. The Kier molecular flexibility index (Phi) is 0.294. The molecule has 48 valence electrons. The van der Waals surface area contributed by atoms with Crippen LogP contribution in [0.25, 0.3) is 0 Å². The second kappa shape index (κ2) is 2.46. The number of nitrogens with zero attached hydrogens (tertiary/aromatic N) is 1. The number of likely N-dealkylation sites (tertiary alicyclic amines) is 1. The van der Waals surface area contributed by atoms with E-state index in [0.29, 0.717) is 0 Å². The van der Waals surface area contributed by atoms with Gasteiger partial charge >= 0.3 is 0 Å². The molecule has 0 aromatic carbocycles. The van der Waals surface area contributed by atoms with Gasteiger partial charge in [-0.1, -0.05) is 0 Å². The van der Waals surface area contributed by atoms with Gasteiger partial charge in [-0.2, -0.15) is 0 Å². The van der Waals surface area contributed by atoms with Crippen LogP contribution in [0.2, 0.25) is 0 Å². The average molecular weight is 126 g/mol. The topological polar surface area (TPSA) is 29.3 Å². The van der Waals surface area contributed by atoms with Crippen LogP contribution in [0.5, 0.6) is 0 Å². The molecular weight excluding hydrogens is 100 g/mol. The summed E-state index contributed by atoms with van der Waals surface area (Å²) in [6.07, 6.45) is -6.97. The quantitative estimate of drug-likeness (QED) is 0.496. The molecule has 0 radical (unpaired) electrons. The molecule has 1 rings (SSSR count). The molecule has 0 unspecified atom stereocenters. The number of rotatable bonds is 0. The van der Waals surface area contributed by atoms with E-state index >= 15 is 0 Å². The minimum atomic E-state index is -3.52. The summed E-state index contributed by atoms with van der Waals surface area (Å²) in [5.74, 6) is 0. The maximum absolute atomic E-state index is 7.58. The fraction of sp³-hybridized carbons (Fsp3) is 1.00. The lowest BCUT2D eigenvalue weighted by molar-refractivity contribution is 0.256. The summed E-state index contributed by atoms with van der Waals surface area (Å²) in [5.41, 5.74) is 5.22. The van der Waals surface area contributed by atoms with Crippen LogP contribution in [0.4, 0.5) is 0 Å². The van der Waals surface area contributed by atoms with E-state index in [0.717, 1.165) is 0 Å². The van der Waals surface area contributed by atoms with Crippen LogP contribution in [0.3, 0.4) is 0 Å². The average Bonchev–Trinajstić information content (AvgIpc) is 2.11. The van der Waals surface area contributed by atoms with E-state index in [9.17, 15) is 0 Å². The van der Waals surface area contributed by atoms with E-state index in [1.807, 2.05) is 0 Å². The monoisotopic (exact) mass is 126 g/mol. The van der Waals surface area contributed by atoms with E-state index in [1.165, 1.54) is 0 Å². The second-order valence-electron chi connectivity index (χ2n) is 1.22. The Balaban J connectivity index is 3.74. The van der Waals surface area contributed by atoms with Crippen molar-refractivity contribution in [1.29, 1.82) is 0 Å². The van der Waals surface area contributed by atoms with Gasteiger partial charge in [-0.3, -0.25) is 0 Å². The predicted molar refractivity (Wildman–Crippen MR) is 34.7 cm³/mol. The van der Waals surface area contributed by atoms with Gasteiger partial charge in [0.05, 0.1) is 0 Å². The van der Waals surface area contributed by atoms with Crippen LogP contribution in [-0.2, 0) is 0 Å². The number of hydrogen-bond acceptors (Lipinski definition) is 2. The molecule has 0 bridgehead atoms. The molecule has 0 spiro atoms. The third kappa shape index (κ3) is 1.46. The molecule has 1 aliphatic rings. The lowest BCUT2D eigenvalue weighted by Crippen LogP contribution is -2.37. The molecule has 1 heterocycles. The molecule has 1 aliphatic heterocycles. The normalized spacial score (nSPS) is 79.1. The van der Waals surface area contributed by atoms with Gasteiger partial charge in [0.25, 0.3) is 0 Å². The van der Waals surface area contributed by atoms with Gasteiger partial charge in [0.2, 0.25) is 0 Å². The molecule has 0 aromatic heterocycles. The third-order valence-electron chi connectivity index (χ3n) is 0.605. The van der Waals surface area contributed by atoms with Crippen LogP contribution in [0.15, 0.2) is 0 Å². The molecular formula is C6H14N2. The molecule has 8 heavy (non-hydrogen) atoms. The predicted octanol–water partition coefficient (Wildman–Crippen LogP) is 0.0393. The zero-order valence-corrected chi connectivity index (χ0v) is 4.02. The van der Waals surface area contributed by atoms with Gasteiger partial charge < -0.3 is 10.6 Å². The molecule has 0 aliphatic carbocycles. The SMILES string of the molecule is [2H]C([2H])([2H])N1C([2H])([2H])C([2H])([2H])C([2H])(N)C([2H])([2H])C1([2H])[2H].